The number of anilines is 3. The van der Waals surface area contributed by atoms with Gasteiger partial charge in [0.05, 0.1) is 63.8 Å². The molecule has 11 heteroatoms. The second-order valence-electron chi connectivity index (χ2n) is 18.0. The third kappa shape index (κ3) is 6.72. The molecule has 6 aromatic carbocycles. The number of para-hydroxylation sites is 4. The van der Waals surface area contributed by atoms with Crippen LogP contribution in [0.3, 0.4) is 0 Å². The summed E-state index contributed by atoms with van der Waals surface area (Å²) in [6.07, 6.45) is 0.0698. The lowest BCUT2D eigenvalue weighted by atomic mass is 9.82. The summed E-state index contributed by atoms with van der Waals surface area (Å²) in [7, 11) is -0.885. The molecular weight excluding hydrogens is 819 g/mol. The van der Waals surface area contributed by atoms with E-state index < -0.39 is 19.8 Å². The summed E-state index contributed by atoms with van der Waals surface area (Å²) in [5.74, 6) is 1.08. The van der Waals surface area contributed by atoms with Crippen molar-refractivity contribution in [3.8, 4) is 17.2 Å². The highest BCUT2D eigenvalue weighted by atomic mass is 28.3. The minimum Gasteiger partial charge on any atom is -0.497 e. The molecule has 1 spiro atoms. The van der Waals surface area contributed by atoms with Crippen LogP contribution in [0.2, 0.25) is 18.6 Å². The summed E-state index contributed by atoms with van der Waals surface area (Å²) < 4.78 is 19.1. The molecule has 4 heterocycles. The van der Waals surface area contributed by atoms with Crippen molar-refractivity contribution < 1.29 is 33.7 Å². The van der Waals surface area contributed by atoms with Crippen LogP contribution in [0, 0.1) is 5.92 Å². The van der Waals surface area contributed by atoms with Crippen LogP contribution in [0.5, 0.6) is 17.2 Å². The maximum atomic E-state index is 15.5. The zero-order chi connectivity index (χ0) is 44.3. The normalized spacial score (nSPS) is 22.4. The van der Waals surface area contributed by atoms with Crippen molar-refractivity contribution in [2.75, 3.05) is 23.5 Å². The van der Waals surface area contributed by atoms with Gasteiger partial charge in [-0.15, -0.1) is 0 Å². The Morgan fingerprint density at radius 2 is 1.45 bits per heavy atom. The molecule has 10 rings (SSSR count). The number of ether oxygens (including phenoxy) is 3. The maximum Gasteiger partial charge on any atom is 0.266 e. The van der Waals surface area contributed by atoms with Crippen molar-refractivity contribution >= 4 is 48.0 Å². The van der Waals surface area contributed by atoms with Gasteiger partial charge in [-0.3, -0.25) is 19.3 Å². The molecule has 0 saturated carbocycles. The second kappa shape index (κ2) is 16.2. The van der Waals surface area contributed by atoms with E-state index in [1.165, 1.54) is 5.19 Å². The van der Waals surface area contributed by atoms with Gasteiger partial charge in [-0.05, 0) is 83.2 Å². The first-order valence-corrected chi connectivity index (χ1v) is 25.1. The molecule has 0 aliphatic carbocycles. The van der Waals surface area contributed by atoms with Crippen LogP contribution in [0.15, 0.2) is 146 Å². The summed E-state index contributed by atoms with van der Waals surface area (Å²) in [4.78, 5) is 49.6. The fourth-order valence-electron chi connectivity index (χ4n) is 11.0. The molecule has 1 saturated heterocycles. The Bertz CT molecular complexity index is 2780. The van der Waals surface area contributed by atoms with Crippen LogP contribution < -0.4 is 24.5 Å². The molecule has 324 valence electrons. The van der Waals surface area contributed by atoms with E-state index in [0.717, 1.165) is 33.7 Å². The van der Waals surface area contributed by atoms with Gasteiger partial charge in [0.2, 0.25) is 5.91 Å². The van der Waals surface area contributed by atoms with Gasteiger partial charge < -0.3 is 29.1 Å². The molecule has 0 unspecified atom stereocenters. The van der Waals surface area contributed by atoms with Gasteiger partial charge in [-0.1, -0.05) is 116 Å². The van der Waals surface area contributed by atoms with E-state index in [4.69, 9.17) is 14.2 Å². The Morgan fingerprint density at radius 3 is 2.19 bits per heavy atom. The molecule has 4 aliphatic rings. The van der Waals surface area contributed by atoms with E-state index in [1.807, 2.05) is 125 Å². The summed E-state index contributed by atoms with van der Waals surface area (Å²) >= 11 is 0. The highest BCUT2D eigenvalue weighted by Gasteiger charge is 2.66. The third-order valence-corrected chi connectivity index (χ3v) is 18.5. The first-order chi connectivity index (χ1) is 31.0. The van der Waals surface area contributed by atoms with Gasteiger partial charge in [-0.2, -0.15) is 0 Å². The lowest BCUT2D eigenvalue weighted by Crippen LogP contribution is -2.52. The third-order valence-electron chi connectivity index (χ3n) is 14.2. The van der Waals surface area contributed by atoms with Gasteiger partial charge in [0.1, 0.15) is 11.5 Å². The van der Waals surface area contributed by atoms with Crippen LogP contribution >= 0.6 is 0 Å². The average Bonchev–Trinajstić information content (AvgIpc) is 3.69. The van der Waals surface area contributed by atoms with E-state index in [0.29, 0.717) is 41.4 Å². The van der Waals surface area contributed by atoms with Crippen LogP contribution in [-0.4, -0.2) is 61.7 Å². The van der Waals surface area contributed by atoms with Crippen LogP contribution in [0.4, 0.5) is 17.1 Å². The van der Waals surface area contributed by atoms with Crippen molar-refractivity contribution in [2.45, 2.75) is 69.2 Å². The number of fused-ring (bicyclic) bond motifs is 5. The summed E-state index contributed by atoms with van der Waals surface area (Å²) in [6, 6.07) is 46.3. The average molecular weight is 870 g/mol. The predicted octanol–water partition coefficient (Wildman–Crippen LogP) is 8.88. The van der Waals surface area contributed by atoms with E-state index in [2.05, 4.69) is 38.2 Å². The highest BCUT2D eigenvalue weighted by Crippen LogP contribution is 2.60. The largest absolute Gasteiger partial charge is 0.497 e. The Morgan fingerprint density at radius 1 is 0.797 bits per heavy atom. The Balaban J connectivity index is 0.986. The Hall–Kier alpha value is -6.53. The fraction of sp³-hybridized carbons (Fsp3) is 0.264. The quantitative estimate of drug-likeness (QED) is 0.145. The number of aliphatic hydroxyl groups is 1. The number of amides is 3. The molecule has 6 aromatic rings. The summed E-state index contributed by atoms with van der Waals surface area (Å²) in [5.41, 5.74) is 4.94. The molecule has 0 aromatic heterocycles. The van der Waals surface area contributed by atoms with Gasteiger partial charge in [0.15, 0.2) is 11.4 Å². The first kappa shape index (κ1) is 41.5. The predicted molar refractivity (Wildman–Crippen MR) is 249 cm³/mol. The molecule has 0 bridgehead atoms. The zero-order valence-electron chi connectivity index (χ0n) is 36.4. The molecular formula is C53H51N3O7Si. The van der Waals surface area contributed by atoms with E-state index >= 15 is 4.79 Å². The SMILES string of the molecule is COc1ccc([Si](C)(C)[C@@H]2[C@@H](CC(=O)N3Cc4ccccc4C[C@H]3CO)O[C@]3(C(=O)N(Cc4ccc(N5C(=O)c6ccccc6Oc6ccccc65)cc4)c4ccccc43)[C@H]2C)cc1. The number of carbonyl (C=O) groups excluding carboxylic acids is 3. The number of carbonyl (C=O) groups is 3. The molecule has 10 nitrogen and oxygen atoms in total. The topological polar surface area (TPSA) is 109 Å². The van der Waals surface area contributed by atoms with Gasteiger partial charge in [0.25, 0.3) is 11.8 Å². The maximum absolute atomic E-state index is 15.5. The summed E-state index contributed by atoms with van der Waals surface area (Å²) in [6.45, 7) is 7.28. The van der Waals surface area contributed by atoms with Crippen LogP contribution in [0.1, 0.15) is 46.0 Å². The van der Waals surface area contributed by atoms with Crippen molar-refractivity contribution in [3.05, 3.63) is 173 Å². The lowest BCUT2D eigenvalue weighted by molar-refractivity contribution is -0.151. The highest BCUT2D eigenvalue weighted by molar-refractivity contribution is 6.91. The minimum atomic E-state index is -2.54. The standard InChI is InChI=1S/C53H51N3O7Si/c1-34-50(64(3,4)41-27-25-40(61-2)26-28-41)48(30-49(58)54-32-37-14-6-5-13-36(37)29-39(54)33-57)63-53(34)43-16-8-9-17-44(43)55(52(53)60)31-35-21-23-38(24-22-35)56-45-18-10-12-20-47(45)62-46-19-11-7-15-42(46)51(56)59/h5-28,34,39,48,50,57H,29-33H2,1-4H3/t34-,39-,48+,50-,53+/m0/s1. The lowest BCUT2D eigenvalue weighted by Gasteiger charge is -2.39. The molecule has 4 aliphatic heterocycles. The molecule has 64 heavy (non-hydrogen) atoms. The number of rotatable bonds is 9. The van der Waals surface area contributed by atoms with Gasteiger partial charge >= 0.3 is 0 Å². The second-order valence-corrected chi connectivity index (χ2v) is 22.7. The van der Waals surface area contributed by atoms with Crippen molar-refractivity contribution in [1.82, 2.24) is 4.90 Å². The zero-order valence-corrected chi connectivity index (χ0v) is 37.4. The molecule has 1 N–H and O–H groups in total. The number of hydrogen-bond acceptors (Lipinski definition) is 7. The number of benzene rings is 6. The van der Waals surface area contributed by atoms with E-state index in [-0.39, 0.29) is 54.8 Å². The number of methoxy groups -OCH3 is 1. The van der Waals surface area contributed by atoms with Crippen molar-refractivity contribution in [1.29, 1.82) is 0 Å². The number of nitrogens with zero attached hydrogens (tertiary/aromatic N) is 3. The van der Waals surface area contributed by atoms with Gasteiger partial charge in [-0.25, -0.2) is 0 Å². The van der Waals surface area contributed by atoms with E-state index in [1.54, 1.807) is 24.1 Å². The van der Waals surface area contributed by atoms with Crippen LogP contribution in [-0.2, 0) is 39.4 Å². The summed E-state index contributed by atoms with van der Waals surface area (Å²) in [5, 5.41) is 11.7. The molecule has 1 fully saturated rings. The Labute approximate surface area is 374 Å². The smallest absolute Gasteiger partial charge is 0.266 e. The van der Waals surface area contributed by atoms with Crippen molar-refractivity contribution in [3.63, 3.8) is 0 Å². The van der Waals surface area contributed by atoms with E-state index in [9.17, 15) is 14.7 Å². The fourth-order valence-corrected chi connectivity index (χ4v) is 15.0. The van der Waals surface area contributed by atoms with Crippen LogP contribution in [0.25, 0.3) is 0 Å². The van der Waals surface area contributed by atoms with Gasteiger partial charge in [0, 0.05) is 23.7 Å². The molecule has 3 amide bonds. The number of hydrogen-bond donors (Lipinski definition) is 1. The Kier molecular flexibility index (Phi) is 10.5. The van der Waals surface area contributed by atoms with Crippen molar-refractivity contribution in [2.24, 2.45) is 5.92 Å². The molecule has 5 atom stereocenters. The number of aliphatic hydroxyl groups excluding tert-OH is 1. The first-order valence-electron chi connectivity index (χ1n) is 22.0. The molecule has 0 radical (unpaired) electrons. The minimum absolute atomic E-state index is 0.0762. The monoisotopic (exact) mass is 869 g/mol.